The van der Waals surface area contributed by atoms with E-state index >= 15 is 0 Å². The van der Waals surface area contributed by atoms with E-state index in [1.807, 2.05) is 11.8 Å². The van der Waals surface area contributed by atoms with E-state index in [4.69, 9.17) is 4.74 Å². The fourth-order valence-corrected chi connectivity index (χ4v) is 11.5. The van der Waals surface area contributed by atoms with Crippen LogP contribution in [0.1, 0.15) is 67.3 Å². The Morgan fingerprint density at radius 2 is 1.07 bits per heavy atom. The van der Waals surface area contributed by atoms with Gasteiger partial charge in [-0.05, 0) is 92.5 Å². The molecular weight excluding hydrogens is 687 g/mol. The molecule has 4 aliphatic rings. The second-order valence-corrected chi connectivity index (χ2v) is 16.2. The van der Waals surface area contributed by atoms with Crippen molar-refractivity contribution in [3.05, 3.63) is 244 Å². The van der Waals surface area contributed by atoms with Crippen LogP contribution in [0.4, 0.5) is 17.1 Å². The number of nitrogens with zero attached hydrogens (tertiary/aromatic N) is 1. The van der Waals surface area contributed by atoms with E-state index in [1.54, 1.807) is 0 Å². The van der Waals surface area contributed by atoms with Gasteiger partial charge in [-0.1, -0.05) is 152 Å². The first-order chi connectivity index (χ1) is 27.3. The number of rotatable bonds is 4. The number of hydrogen-bond donors (Lipinski definition) is 0. The molecule has 2 nitrogen and oxygen atoms in total. The van der Waals surface area contributed by atoms with Crippen LogP contribution >= 0.6 is 11.8 Å². The topological polar surface area (TPSA) is 12.5 Å². The van der Waals surface area contributed by atoms with E-state index in [-0.39, 0.29) is 17.3 Å². The first-order valence-corrected chi connectivity index (χ1v) is 20.1. The molecular formula is C52H35NOS. The molecule has 3 aliphatic heterocycles. The summed E-state index contributed by atoms with van der Waals surface area (Å²) < 4.78 is 6.66. The number of benzene rings is 8. The molecule has 8 aromatic carbocycles. The second-order valence-electron chi connectivity index (χ2n) is 15.1. The van der Waals surface area contributed by atoms with Gasteiger partial charge in [0.2, 0.25) is 0 Å². The molecule has 260 valence electrons. The average molecular weight is 722 g/mol. The fourth-order valence-electron chi connectivity index (χ4n) is 10.1. The maximum atomic E-state index is 6.66. The Morgan fingerprint density at radius 3 is 1.85 bits per heavy atom. The normalized spacial score (nSPS) is 17.9. The van der Waals surface area contributed by atoms with Crippen LogP contribution in [0.15, 0.2) is 199 Å². The zero-order valence-electron chi connectivity index (χ0n) is 30.0. The van der Waals surface area contributed by atoms with Crippen LogP contribution in [0.5, 0.6) is 5.75 Å². The fraction of sp³-hybridized carbons (Fsp3) is 0.0769. The minimum Gasteiger partial charge on any atom is -0.484 e. The first-order valence-electron chi connectivity index (χ1n) is 19.2. The summed E-state index contributed by atoms with van der Waals surface area (Å²) >= 11 is 1.94. The SMILES string of the molecule is c1ccc(C(c2ccc3c(c2)C2Sc4ccccc4C2O3)c2ccc3c(c2)N(c2ccccc2)c2ccccc2C32c3ccccc3-c3ccccc32)cc1. The standard InChI is InChI=1S/C52H35NOS/c1-3-15-33(16-4-1)49(34-28-30-47-40(31-34)51-50(54-47)39-21-9-14-26-48(39)55-51)35-27-29-44-46(32-35)53(36-17-5-2-6-18-36)45-25-13-12-24-43(45)52(44)41-22-10-7-19-37(41)38-20-8-11-23-42(38)52/h1-32,49-51H. The summed E-state index contributed by atoms with van der Waals surface area (Å²) in [5.41, 5.74) is 17.4. The highest BCUT2D eigenvalue weighted by atomic mass is 32.2. The number of hydrogen-bond acceptors (Lipinski definition) is 3. The van der Waals surface area contributed by atoms with Crippen LogP contribution in [-0.2, 0) is 5.41 Å². The van der Waals surface area contributed by atoms with Crippen LogP contribution in [0.25, 0.3) is 11.1 Å². The lowest BCUT2D eigenvalue weighted by Crippen LogP contribution is -2.36. The van der Waals surface area contributed by atoms with Gasteiger partial charge in [0.1, 0.15) is 11.9 Å². The third-order valence-electron chi connectivity index (χ3n) is 12.3. The van der Waals surface area contributed by atoms with E-state index in [0.29, 0.717) is 0 Å². The monoisotopic (exact) mass is 721 g/mol. The largest absolute Gasteiger partial charge is 0.484 e. The molecule has 0 saturated heterocycles. The van der Waals surface area contributed by atoms with Crippen LogP contribution in [0.2, 0.25) is 0 Å². The van der Waals surface area contributed by atoms with Gasteiger partial charge in [-0.15, -0.1) is 11.8 Å². The molecule has 55 heavy (non-hydrogen) atoms. The predicted molar refractivity (Wildman–Crippen MR) is 224 cm³/mol. The number of thioether (sulfide) groups is 1. The van der Waals surface area contributed by atoms with Crippen molar-refractivity contribution in [1.29, 1.82) is 0 Å². The van der Waals surface area contributed by atoms with E-state index in [2.05, 4.69) is 199 Å². The van der Waals surface area contributed by atoms with Gasteiger partial charge in [0.15, 0.2) is 0 Å². The molecule has 1 aliphatic carbocycles. The number of para-hydroxylation sites is 2. The maximum Gasteiger partial charge on any atom is 0.141 e. The molecule has 8 aromatic rings. The van der Waals surface area contributed by atoms with Gasteiger partial charge in [0.25, 0.3) is 0 Å². The van der Waals surface area contributed by atoms with E-state index in [0.717, 1.165) is 11.4 Å². The molecule has 3 unspecified atom stereocenters. The van der Waals surface area contributed by atoms with Gasteiger partial charge in [0.05, 0.1) is 22.0 Å². The van der Waals surface area contributed by atoms with Gasteiger partial charge < -0.3 is 9.64 Å². The molecule has 0 radical (unpaired) electrons. The van der Waals surface area contributed by atoms with Crippen molar-refractivity contribution < 1.29 is 4.74 Å². The third-order valence-corrected chi connectivity index (χ3v) is 13.7. The summed E-state index contributed by atoms with van der Waals surface area (Å²) in [6.45, 7) is 0. The summed E-state index contributed by atoms with van der Waals surface area (Å²) in [4.78, 5) is 3.83. The van der Waals surface area contributed by atoms with Gasteiger partial charge in [-0.25, -0.2) is 0 Å². The van der Waals surface area contributed by atoms with E-state index < -0.39 is 5.41 Å². The van der Waals surface area contributed by atoms with E-state index in [1.165, 1.54) is 77.5 Å². The smallest absolute Gasteiger partial charge is 0.141 e. The van der Waals surface area contributed by atoms with Gasteiger partial charge in [-0.3, -0.25) is 0 Å². The molecule has 0 bridgehead atoms. The van der Waals surface area contributed by atoms with Crippen LogP contribution in [0, 0.1) is 0 Å². The molecule has 0 aromatic heterocycles. The Hall–Kier alpha value is -6.29. The molecule has 0 amide bonds. The predicted octanol–water partition coefficient (Wildman–Crippen LogP) is 13.3. The summed E-state index contributed by atoms with van der Waals surface area (Å²) in [7, 11) is 0. The molecule has 3 heterocycles. The minimum absolute atomic E-state index is 0.0125. The molecule has 3 heteroatoms. The van der Waals surface area contributed by atoms with Crippen molar-refractivity contribution in [1.82, 2.24) is 0 Å². The Bertz CT molecular complexity index is 2770. The zero-order valence-corrected chi connectivity index (χ0v) is 30.8. The Morgan fingerprint density at radius 1 is 0.473 bits per heavy atom. The summed E-state index contributed by atoms with van der Waals surface area (Å²) in [6, 6.07) is 72.1. The molecule has 1 spiro atoms. The second kappa shape index (κ2) is 11.9. The van der Waals surface area contributed by atoms with Gasteiger partial charge >= 0.3 is 0 Å². The highest BCUT2D eigenvalue weighted by Crippen LogP contribution is 2.64. The van der Waals surface area contributed by atoms with Crippen molar-refractivity contribution in [3.8, 4) is 16.9 Å². The molecule has 3 atom stereocenters. The Balaban J connectivity index is 1.10. The Kier molecular flexibility index (Phi) is 6.70. The highest BCUT2D eigenvalue weighted by Gasteiger charge is 2.52. The first kappa shape index (κ1) is 31.1. The highest BCUT2D eigenvalue weighted by molar-refractivity contribution is 8.00. The van der Waals surface area contributed by atoms with Crippen LogP contribution in [-0.4, -0.2) is 0 Å². The number of ether oxygens (including phenoxy) is 1. The lowest BCUT2D eigenvalue weighted by Gasteiger charge is -2.45. The van der Waals surface area contributed by atoms with Gasteiger partial charge in [-0.2, -0.15) is 0 Å². The molecule has 0 fully saturated rings. The third kappa shape index (κ3) is 4.33. The van der Waals surface area contributed by atoms with Crippen LogP contribution < -0.4 is 9.64 Å². The lowest BCUT2D eigenvalue weighted by molar-refractivity contribution is 0.237. The minimum atomic E-state index is -0.472. The van der Waals surface area contributed by atoms with Crippen molar-refractivity contribution in [3.63, 3.8) is 0 Å². The van der Waals surface area contributed by atoms with Crippen molar-refractivity contribution in [2.75, 3.05) is 4.90 Å². The summed E-state index contributed by atoms with van der Waals surface area (Å²) in [6.07, 6.45) is 0.0539. The molecule has 12 rings (SSSR count). The number of anilines is 3. The molecule has 0 saturated carbocycles. The van der Waals surface area contributed by atoms with Crippen LogP contribution in [0.3, 0.4) is 0 Å². The van der Waals surface area contributed by atoms with Crippen molar-refractivity contribution >= 4 is 28.8 Å². The quantitative estimate of drug-likeness (QED) is 0.168. The lowest BCUT2D eigenvalue weighted by atomic mass is 9.64. The van der Waals surface area contributed by atoms with E-state index in [9.17, 15) is 0 Å². The van der Waals surface area contributed by atoms with Crippen molar-refractivity contribution in [2.45, 2.75) is 27.6 Å². The van der Waals surface area contributed by atoms with Gasteiger partial charge in [0, 0.05) is 27.6 Å². The van der Waals surface area contributed by atoms with Crippen molar-refractivity contribution in [2.24, 2.45) is 0 Å². The molecule has 0 N–H and O–H groups in total. The summed E-state index contributed by atoms with van der Waals surface area (Å²) in [5, 5.41) is 0.250. The maximum absolute atomic E-state index is 6.66. The average Bonchev–Trinajstić information content (AvgIpc) is 3.89. The zero-order chi connectivity index (χ0) is 36.1. The Labute approximate surface area is 325 Å². The summed E-state index contributed by atoms with van der Waals surface area (Å²) in [5.74, 6) is 1.02. The number of fused-ring (bicyclic) bond motifs is 14.